The number of unbranched alkanes of at least 4 members (excludes halogenated alkanes) is 9. The van der Waals surface area contributed by atoms with Gasteiger partial charge in [0.25, 0.3) is 12.5 Å². The summed E-state index contributed by atoms with van der Waals surface area (Å²) in [6.07, 6.45) is 16.2. The predicted molar refractivity (Wildman–Crippen MR) is 190 cm³/mol. The third kappa shape index (κ3) is 24.8. The molecule has 54 heavy (non-hydrogen) atoms. The fourth-order valence-corrected chi connectivity index (χ4v) is 6.73. The molecule has 1 saturated carbocycles. The number of nitriles is 2. The van der Waals surface area contributed by atoms with Gasteiger partial charge in [0.05, 0.1) is 10.1 Å². The van der Waals surface area contributed by atoms with Gasteiger partial charge in [-0.15, -0.1) is 0 Å². The molecule has 0 unspecified atom stereocenters. The fraction of sp³-hybridized carbons (Fsp3) is 0.818. The number of ether oxygens (including phenoxy) is 2. The normalized spacial score (nSPS) is 12.4. The van der Waals surface area contributed by atoms with Crippen molar-refractivity contribution in [3.05, 3.63) is 31.5 Å². The minimum absolute atomic E-state index is 0. The zero-order chi connectivity index (χ0) is 36.6. The molecule has 1 aliphatic carbocycles. The van der Waals surface area contributed by atoms with Crippen molar-refractivity contribution in [2.24, 2.45) is 0 Å². The summed E-state index contributed by atoms with van der Waals surface area (Å²) in [7, 11) is -4.35. The first-order valence-electron chi connectivity index (χ1n) is 18.0. The molecule has 1 aromatic heterocycles. The first kappa shape index (κ1) is 59.4. The van der Waals surface area contributed by atoms with E-state index in [0.29, 0.717) is 64.7 Å². The molecule has 1 heterocycles. The Balaban J connectivity index is -0.00000650. The molecule has 0 aromatic carbocycles. The quantitative estimate of drug-likeness (QED) is 0.0385. The summed E-state index contributed by atoms with van der Waals surface area (Å²) in [6.45, 7) is 1.75. The maximum absolute atomic E-state index is 13.3. The second-order valence-corrected chi connectivity index (χ2v) is 14.3. The summed E-state index contributed by atoms with van der Waals surface area (Å²) < 4.78 is 46.0. The number of hydrogen-bond donors (Lipinski definition) is 2. The van der Waals surface area contributed by atoms with E-state index in [1.807, 2.05) is 0 Å². The summed E-state index contributed by atoms with van der Waals surface area (Å²) in [6, 6.07) is -0.239. The third-order valence-corrected chi connectivity index (χ3v) is 9.71. The van der Waals surface area contributed by atoms with E-state index in [0.717, 1.165) is 77.9 Å². The molecule has 1 aliphatic rings. The second-order valence-electron chi connectivity index (χ2n) is 12.8. The van der Waals surface area contributed by atoms with Crippen molar-refractivity contribution in [1.82, 2.24) is 30.1 Å². The standard InChI is InChI=1S/C33H55N7O9S.3K.H3N/c34-27-48-24-14-5-3-12-21-39-31(42)38(32(43)40(33(39)44)22-13-4-6-15-25-49-28-35)20-11-2-1-10-19-36-30(41)37(23-16-26-50(45,46)47)29-17-8-7-9-18-29;;;;/h29H,1-26H2,(H,36,41)(H,45,46,47);;;;1H3/q;3*+1;. The Morgan fingerprint density at radius 3 is 1.52 bits per heavy atom. The van der Waals surface area contributed by atoms with Gasteiger partial charge in [-0.25, -0.2) is 41.3 Å². The molecule has 0 atom stereocenters. The molecule has 1 aromatic rings. The maximum atomic E-state index is 13.3. The van der Waals surface area contributed by atoms with Gasteiger partial charge in [-0.1, -0.05) is 44.9 Å². The van der Waals surface area contributed by atoms with Gasteiger partial charge >= 0.3 is 177 Å². The van der Waals surface area contributed by atoms with Crippen LogP contribution in [0.4, 0.5) is 4.79 Å². The van der Waals surface area contributed by atoms with E-state index in [2.05, 4.69) is 14.8 Å². The molecule has 0 saturated heterocycles. The number of nitrogens with one attached hydrogen (secondary N) is 1. The molecule has 0 bridgehead atoms. The first-order valence-corrected chi connectivity index (χ1v) is 19.6. The van der Waals surface area contributed by atoms with E-state index in [1.165, 1.54) is 0 Å². The SMILES string of the molecule is N#COCCCCCCn1c(=O)n(CCCCCCNC(=O)N(CCCS(=O)(=O)[O-])C2CCCCC2)c(=O)n(CCCCCCOC#N)c1=O.[K+].[K+].[K+].[NH4+]. The van der Waals surface area contributed by atoms with Crippen LogP contribution in [0.3, 0.4) is 0 Å². The van der Waals surface area contributed by atoms with Crippen molar-refractivity contribution in [2.45, 2.75) is 141 Å². The van der Waals surface area contributed by atoms with Gasteiger partial charge in [0.2, 0.25) is 0 Å². The van der Waals surface area contributed by atoms with Crippen molar-refractivity contribution in [3.63, 3.8) is 0 Å². The number of carbonyl (C=O) groups excluding carboxylic acids is 1. The Labute approximate surface area is 447 Å². The number of rotatable bonds is 26. The molecule has 290 valence electrons. The van der Waals surface area contributed by atoms with Crippen molar-refractivity contribution < 1.29 is 181 Å². The smallest absolute Gasteiger partial charge is 0.748 e. The molecule has 2 rings (SSSR count). The number of amides is 2. The van der Waals surface area contributed by atoms with E-state index in [1.54, 1.807) is 17.4 Å². The monoisotopic (exact) mass is 859 g/mol. The van der Waals surface area contributed by atoms with Crippen LogP contribution in [0, 0.1) is 23.0 Å². The number of urea groups is 1. The predicted octanol–water partition coefficient (Wildman–Crippen LogP) is -5.48. The average molecular weight is 860 g/mol. The molecule has 0 spiro atoms. The Bertz CT molecular complexity index is 1470. The molecule has 5 N–H and O–H groups in total. The summed E-state index contributed by atoms with van der Waals surface area (Å²) >= 11 is 0. The van der Waals surface area contributed by atoms with E-state index in [4.69, 9.17) is 10.5 Å². The van der Waals surface area contributed by atoms with Crippen molar-refractivity contribution in [1.29, 1.82) is 10.5 Å². The van der Waals surface area contributed by atoms with Crippen LogP contribution in [-0.2, 0) is 39.2 Å². The largest absolute Gasteiger partial charge is 1.00 e. The molecular formula is C33H58K3N8O9S+3. The molecule has 0 aliphatic heterocycles. The number of hydrogen-bond acceptors (Lipinski definition) is 11. The minimum Gasteiger partial charge on any atom is -0.748 e. The van der Waals surface area contributed by atoms with Crippen LogP contribution in [0.5, 0.6) is 0 Å². The van der Waals surface area contributed by atoms with Crippen LogP contribution in [0.25, 0.3) is 0 Å². The molecule has 2 amide bonds. The van der Waals surface area contributed by atoms with Crippen molar-refractivity contribution in [3.8, 4) is 12.5 Å². The number of nitrogens with zero attached hydrogens (tertiary/aromatic N) is 6. The second kappa shape index (κ2) is 35.9. The van der Waals surface area contributed by atoms with Crippen LogP contribution in [0.2, 0.25) is 0 Å². The average Bonchev–Trinajstić information content (AvgIpc) is 3.09. The zero-order valence-electron chi connectivity index (χ0n) is 33.2. The van der Waals surface area contributed by atoms with Gasteiger partial charge in [-0.2, -0.15) is 10.5 Å². The molecule has 21 heteroatoms. The van der Waals surface area contributed by atoms with Gasteiger partial charge < -0.3 is 30.4 Å². The molecule has 0 radical (unpaired) electrons. The number of aromatic nitrogens is 3. The van der Waals surface area contributed by atoms with Gasteiger partial charge in [-0.05, 0) is 70.6 Å². The van der Waals surface area contributed by atoms with E-state index in [-0.39, 0.29) is 205 Å². The summed E-state index contributed by atoms with van der Waals surface area (Å²) in [5.74, 6) is -0.505. The minimum atomic E-state index is -4.35. The van der Waals surface area contributed by atoms with E-state index in [9.17, 15) is 32.1 Å². The van der Waals surface area contributed by atoms with Gasteiger partial charge in [-0.3, -0.25) is 0 Å². The number of quaternary nitrogens is 1. The van der Waals surface area contributed by atoms with Crippen LogP contribution in [0.15, 0.2) is 14.4 Å². The number of carbonyl (C=O) groups is 1. The van der Waals surface area contributed by atoms with Crippen LogP contribution >= 0.6 is 0 Å². The molecule has 1 fully saturated rings. The summed E-state index contributed by atoms with van der Waals surface area (Å²) in [5.41, 5.74) is -1.88. The van der Waals surface area contributed by atoms with Crippen LogP contribution in [0.1, 0.15) is 116 Å². The van der Waals surface area contributed by atoms with Crippen molar-refractivity contribution >= 4 is 16.1 Å². The Hall–Kier alpha value is 1.04. The van der Waals surface area contributed by atoms with Gasteiger partial charge in [0.1, 0.15) is 13.2 Å². The Morgan fingerprint density at radius 1 is 0.704 bits per heavy atom. The fourth-order valence-electron chi connectivity index (χ4n) is 6.24. The summed E-state index contributed by atoms with van der Waals surface area (Å²) in [4.78, 5) is 54.6. The summed E-state index contributed by atoms with van der Waals surface area (Å²) in [5, 5.41) is 19.9. The Morgan fingerprint density at radius 2 is 1.11 bits per heavy atom. The van der Waals surface area contributed by atoms with Gasteiger partial charge in [0.15, 0.2) is 0 Å². The molecule has 17 nitrogen and oxygen atoms in total. The van der Waals surface area contributed by atoms with Gasteiger partial charge in [0, 0.05) is 44.5 Å². The Kier molecular flexibility index (Phi) is 39.5. The maximum Gasteiger partial charge on any atom is 1.00 e. The topological polar surface area (TPSA) is 258 Å². The third-order valence-electron chi connectivity index (χ3n) is 8.93. The van der Waals surface area contributed by atoms with E-state index >= 15 is 0 Å². The van der Waals surface area contributed by atoms with Crippen LogP contribution < -0.4 is 183 Å². The van der Waals surface area contributed by atoms with E-state index < -0.39 is 32.9 Å². The first-order chi connectivity index (χ1) is 24.1. The molecular weight excluding hydrogens is 802 g/mol. The zero-order valence-corrected chi connectivity index (χ0v) is 43.4. The van der Waals surface area contributed by atoms with Crippen molar-refractivity contribution in [2.75, 3.05) is 32.1 Å². The van der Waals surface area contributed by atoms with Crippen LogP contribution in [-0.4, -0.2) is 75.7 Å².